The van der Waals surface area contributed by atoms with Crippen molar-refractivity contribution in [2.45, 2.75) is 45.2 Å². The zero-order valence-corrected chi connectivity index (χ0v) is 16.2. The molecule has 4 heteroatoms. The molecule has 0 atom stereocenters. The zero-order chi connectivity index (χ0) is 19.0. The summed E-state index contributed by atoms with van der Waals surface area (Å²) in [6, 6.07) is 8.90. The van der Waals surface area contributed by atoms with Crippen molar-refractivity contribution in [3.8, 4) is 11.1 Å². The summed E-state index contributed by atoms with van der Waals surface area (Å²) in [6.07, 6.45) is 10.2. The Hall–Kier alpha value is -2.30. The number of hydrogen-bond donors (Lipinski definition) is 2. The van der Waals surface area contributed by atoms with Crippen LogP contribution in [-0.4, -0.2) is 23.4 Å². The molecular weight excluding hydrogens is 336 g/mol. The first-order chi connectivity index (χ1) is 13.1. The molecule has 3 aromatic rings. The molecule has 0 saturated heterocycles. The molecular formula is C23H28N2O2+2. The number of nitrogens with zero attached hydrogens (tertiary/aromatic N) is 2. The third-order valence-electron chi connectivity index (χ3n) is 5.77. The van der Waals surface area contributed by atoms with Gasteiger partial charge in [-0.2, -0.15) is 0 Å². The van der Waals surface area contributed by atoms with Crippen LogP contribution in [-0.2, 0) is 18.5 Å². The van der Waals surface area contributed by atoms with Crippen LogP contribution in [0.4, 0.5) is 0 Å². The number of aliphatic hydroxyl groups excluding tert-OH is 2. The van der Waals surface area contributed by atoms with Crippen LogP contribution in [0.1, 0.15) is 37.8 Å². The summed E-state index contributed by atoms with van der Waals surface area (Å²) < 4.78 is 4.34. The van der Waals surface area contributed by atoms with Crippen LogP contribution in [0.5, 0.6) is 0 Å². The lowest BCUT2D eigenvalue weighted by Gasteiger charge is -2.21. The number of aromatic nitrogens is 2. The summed E-state index contributed by atoms with van der Waals surface area (Å²) in [7, 11) is 0. The lowest BCUT2D eigenvalue weighted by Crippen LogP contribution is -2.35. The minimum absolute atomic E-state index is 0.0658. The molecule has 1 aromatic carbocycles. The highest BCUT2D eigenvalue weighted by molar-refractivity contribution is 5.96. The summed E-state index contributed by atoms with van der Waals surface area (Å²) in [5.74, 6) is 0. The van der Waals surface area contributed by atoms with E-state index in [0.29, 0.717) is 0 Å². The van der Waals surface area contributed by atoms with Gasteiger partial charge in [0, 0.05) is 54.6 Å². The number of hydrogen-bond acceptors (Lipinski definition) is 2. The molecule has 0 unspecified atom stereocenters. The Balaban J connectivity index is 1.82. The molecule has 0 amide bonds. The lowest BCUT2D eigenvalue weighted by molar-refractivity contribution is -0.697. The first-order valence-corrected chi connectivity index (χ1v) is 9.78. The van der Waals surface area contributed by atoms with E-state index in [0.717, 1.165) is 25.9 Å². The van der Waals surface area contributed by atoms with Crippen LogP contribution in [0, 0.1) is 0 Å². The minimum atomic E-state index is -0.0658. The summed E-state index contributed by atoms with van der Waals surface area (Å²) in [5, 5.41) is 20.8. The molecule has 27 heavy (non-hydrogen) atoms. The van der Waals surface area contributed by atoms with Crippen LogP contribution in [0.25, 0.3) is 21.9 Å². The molecule has 1 aliphatic rings. The molecule has 0 aliphatic heterocycles. The highest BCUT2D eigenvalue weighted by Crippen LogP contribution is 2.50. The van der Waals surface area contributed by atoms with Crippen molar-refractivity contribution in [1.29, 1.82) is 0 Å². The number of pyridine rings is 2. The van der Waals surface area contributed by atoms with Crippen LogP contribution in [0.2, 0.25) is 0 Å². The maximum Gasteiger partial charge on any atom is 0.176 e. The average Bonchev–Trinajstić information content (AvgIpc) is 2.91. The topological polar surface area (TPSA) is 48.2 Å². The Morgan fingerprint density at radius 1 is 0.815 bits per heavy atom. The van der Waals surface area contributed by atoms with E-state index < -0.39 is 0 Å². The fraction of sp³-hybridized carbons (Fsp3) is 0.391. The molecule has 2 aromatic heterocycles. The van der Waals surface area contributed by atoms with Gasteiger partial charge in [0.2, 0.25) is 0 Å². The van der Waals surface area contributed by atoms with Crippen molar-refractivity contribution in [3.05, 3.63) is 60.2 Å². The van der Waals surface area contributed by atoms with E-state index in [4.69, 9.17) is 10.2 Å². The normalized spacial score (nSPS) is 14.4. The molecule has 4 rings (SSSR count). The largest absolute Gasteiger partial charge is 0.396 e. The maximum absolute atomic E-state index is 9.13. The summed E-state index contributed by atoms with van der Waals surface area (Å²) in [4.78, 5) is 0. The zero-order valence-electron chi connectivity index (χ0n) is 16.2. The first kappa shape index (κ1) is 18.1. The fourth-order valence-electron chi connectivity index (χ4n) is 4.41. The number of rotatable bonds is 6. The second-order valence-corrected chi connectivity index (χ2v) is 7.96. The minimum Gasteiger partial charge on any atom is -0.396 e. The van der Waals surface area contributed by atoms with Gasteiger partial charge in [0.1, 0.15) is 0 Å². The van der Waals surface area contributed by atoms with Gasteiger partial charge in [-0.3, -0.25) is 0 Å². The van der Waals surface area contributed by atoms with Gasteiger partial charge >= 0.3 is 0 Å². The van der Waals surface area contributed by atoms with Crippen molar-refractivity contribution >= 4 is 10.8 Å². The number of fused-ring (bicyclic) bond motifs is 5. The molecule has 0 radical (unpaired) electrons. The second-order valence-electron chi connectivity index (χ2n) is 7.96. The van der Waals surface area contributed by atoms with E-state index in [1.165, 1.54) is 33.0 Å². The van der Waals surface area contributed by atoms with Gasteiger partial charge in [-0.15, -0.1) is 0 Å². The van der Waals surface area contributed by atoms with E-state index >= 15 is 0 Å². The highest BCUT2D eigenvalue weighted by Gasteiger charge is 2.39. The van der Waals surface area contributed by atoms with E-state index in [9.17, 15) is 0 Å². The SMILES string of the molecule is CC1(C)c2c[n+](CCCO)ccc2-c2ccc3c[n+](CCCO)ccc3c21. The van der Waals surface area contributed by atoms with Gasteiger partial charge in [-0.1, -0.05) is 19.9 Å². The Morgan fingerprint density at radius 2 is 1.48 bits per heavy atom. The summed E-state index contributed by atoms with van der Waals surface area (Å²) in [6.45, 7) is 6.71. The maximum atomic E-state index is 9.13. The second kappa shape index (κ2) is 7.02. The Bertz CT molecular complexity index is 995. The predicted molar refractivity (Wildman–Crippen MR) is 105 cm³/mol. The Kier molecular flexibility index (Phi) is 4.70. The van der Waals surface area contributed by atoms with Gasteiger partial charge < -0.3 is 10.2 Å². The highest BCUT2D eigenvalue weighted by atomic mass is 16.3. The third-order valence-corrected chi connectivity index (χ3v) is 5.77. The van der Waals surface area contributed by atoms with Gasteiger partial charge in [-0.05, 0) is 28.1 Å². The van der Waals surface area contributed by atoms with Gasteiger partial charge in [0.15, 0.2) is 37.9 Å². The van der Waals surface area contributed by atoms with Gasteiger partial charge in [0.25, 0.3) is 0 Å². The van der Waals surface area contributed by atoms with Crippen LogP contribution < -0.4 is 9.13 Å². The third kappa shape index (κ3) is 3.03. The van der Waals surface area contributed by atoms with E-state index in [1.54, 1.807) is 0 Å². The summed E-state index contributed by atoms with van der Waals surface area (Å²) >= 11 is 0. The Morgan fingerprint density at radius 3 is 2.19 bits per heavy atom. The monoisotopic (exact) mass is 364 g/mol. The molecule has 0 bridgehead atoms. The van der Waals surface area contributed by atoms with Crippen molar-refractivity contribution in [3.63, 3.8) is 0 Å². The molecule has 2 heterocycles. The quantitative estimate of drug-likeness (QED) is 0.660. The van der Waals surface area contributed by atoms with Gasteiger partial charge in [-0.25, -0.2) is 9.13 Å². The smallest absolute Gasteiger partial charge is 0.176 e. The molecule has 0 spiro atoms. The molecule has 1 aliphatic carbocycles. The molecule has 0 saturated carbocycles. The fourth-order valence-corrected chi connectivity index (χ4v) is 4.41. The van der Waals surface area contributed by atoms with E-state index in [2.05, 4.69) is 72.0 Å². The van der Waals surface area contributed by atoms with Crippen molar-refractivity contribution in [1.82, 2.24) is 0 Å². The summed E-state index contributed by atoms with van der Waals surface area (Å²) in [5.41, 5.74) is 5.31. The lowest BCUT2D eigenvalue weighted by atomic mass is 9.81. The molecule has 4 nitrogen and oxygen atoms in total. The number of benzene rings is 1. The van der Waals surface area contributed by atoms with Gasteiger partial charge in [0.05, 0.1) is 0 Å². The van der Waals surface area contributed by atoms with Crippen LogP contribution >= 0.6 is 0 Å². The number of aryl methyl sites for hydroxylation is 2. The van der Waals surface area contributed by atoms with Crippen LogP contribution in [0.15, 0.2) is 49.1 Å². The van der Waals surface area contributed by atoms with Crippen molar-refractivity contribution < 1.29 is 19.3 Å². The molecule has 0 fully saturated rings. The van der Waals surface area contributed by atoms with Crippen molar-refractivity contribution in [2.24, 2.45) is 0 Å². The van der Waals surface area contributed by atoms with E-state index in [1.807, 2.05) is 0 Å². The average molecular weight is 364 g/mol. The first-order valence-electron chi connectivity index (χ1n) is 9.78. The van der Waals surface area contributed by atoms with Crippen molar-refractivity contribution in [2.75, 3.05) is 13.2 Å². The molecule has 2 N–H and O–H groups in total. The van der Waals surface area contributed by atoms with Crippen LogP contribution in [0.3, 0.4) is 0 Å². The standard InChI is InChI=1S/C23H28N2O2/c1-23(2)21-16-25(10-4-14-27)12-8-19(21)20-6-5-17-15-24(9-3-13-26)11-7-18(17)22(20)23/h5-8,11-12,15-16,26-27H,3-4,9-10,13-14H2,1-2H3/q+2. The number of aliphatic hydroxyl groups is 2. The van der Waals surface area contributed by atoms with E-state index in [-0.39, 0.29) is 18.6 Å². The Labute approximate surface area is 160 Å². The molecule has 140 valence electrons. The predicted octanol–water partition coefficient (Wildman–Crippen LogP) is 2.49.